The summed E-state index contributed by atoms with van der Waals surface area (Å²) in [5.41, 5.74) is -5.73. The lowest BCUT2D eigenvalue weighted by molar-refractivity contribution is -0.468. The molecule has 0 spiro atoms. The standard InChI is InChI=1S/C13H18O10/c1-2-11(3-14,4-15)8-20-10(19)22-12(5-16,6-17)13(7-18)9-21-23-13/h5-7,14-15H,2-4,8-9H2,1H3. The highest BCUT2D eigenvalue weighted by Crippen LogP contribution is 2.33. The third kappa shape index (κ3) is 3.39. The monoisotopic (exact) mass is 334 g/mol. The van der Waals surface area contributed by atoms with Crippen LogP contribution in [0.2, 0.25) is 0 Å². The summed E-state index contributed by atoms with van der Waals surface area (Å²) in [6.45, 7) is -0.158. The van der Waals surface area contributed by atoms with E-state index in [1.54, 1.807) is 6.92 Å². The molecule has 0 amide bonds. The summed E-state index contributed by atoms with van der Waals surface area (Å²) in [7, 11) is 0. The highest BCUT2D eigenvalue weighted by Gasteiger charge is 2.64. The first-order valence-electron chi connectivity index (χ1n) is 6.70. The molecule has 1 aliphatic heterocycles. The van der Waals surface area contributed by atoms with Crippen LogP contribution in [-0.2, 0) is 33.6 Å². The first-order valence-corrected chi connectivity index (χ1v) is 6.70. The number of ether oxygens (including phenoxy) is 2. The molecule has 2 N–H and O–H groups in total. The number of aliphatic hydroxyl groups is 2. The van der Waals surface area contributed by atoms with Crippen molar-refractivity contribution in [2.45, 2.75) is 24.5 Å². The predicted molar refractivity (Wildman–Crippen MR) is 70.0 cm³/mol. The fraction of sp³-hybridized carbons (Fsp3) is 0.692. The van der Waals surface area contributed by atoms with Gasteiger partial charge in [0.2, 0.25) is 5.60 Å². The minimum absolute atomic E-state index is 0.0661. The Bertz CT molecular complexity index is 435. The molecule has 130 valence electrons. The number of aldehydes is 3. The van der Waals surface area contributed by atoms with Crippen molar-refractivity contribution in [1.82, 2.24) is 0 Å². The van der Waals surface area contributed by atoms with Gasteiger partial charge in [-0.1, -0.05) is 6.92 Å². The summed E-state index contributed by atoms with van der Waals surface area (Å²) in [5, 5.41) is 18.5. The van der Waals surface area contributed by atoms with E-state index in [4.69, 9.17) is 4.74 Å². The molecule has 1 heterocycles. The molecule has 1 rings (SSSR count). The Kier molecular flexibility index (Phi) is 6.33. The molecule has 0 saturated carbocycles. The second-order valence-electron chi connectivity index (χ2n) is 5.19. The van der Waals surface area contributed by atoms with Crippen LogP contribution in [0.5, 0.6) is 0 Å². The SMILES string of the molecule is CCC(CO)(CO)COC(=O)OC(C=O)(C=O)C1(C=O)COO1. The third-order valence-electron chi connectivity index (χ3n) is 3.85. The maximum Gasteiger partial charge on any atom is 0.509 e. The molecule has 0 aromatic heterocycles. The van der Waals surface area contributed by atoms with Crippen molar-refractivity contribution in [1.29, 1.82) is 0 Å². The van der Waals surface area contributed by atoms with Crippen molar-refractivity contribution in [3.05, 3.63) is 0 Å². The quantitative estimate of drug-likeness (QED) is 0.211. The lowest BCUT2D eigenvalue weighted by Crippen LogP contribution is -2.69. The smallest absolute Gasteiger partial charge is 0.433 e. The first kappa shape index (κ1) is 19.2. The van der Waals surface area contributed by atoms with Crippen molar-refractivity contribution in [2.24, 2.45) is 5.41 Å². The van der Waals surface area contributed by atoms with Gasteiger partial charge in [-0.25, -0.2) is 14.6 Å². The summed E-state index contributed by atoms with van der Waals surface area (Å²) in [5.74, 6) is 0. The maximum atomic E-state index is 11.7. The van der Waals surface area contributed by atoms with Gasteiger partial charge in [0, 0.05) is 0 Å². The number of carbonyl (C=O) groups excluding carboxylic acids is 4. The van der Waals surface area contributed by atoms with Gasteiger partial charge in [0.1, 0.15) is 13.2 Å². The van der Waals surface area contributed by atoms with Crippen LogP contribution in [0.15, 0.2) is 0 Å². The average molecular weight is 334 g/mol. The number of hydrogen-bond acceptors (Lipinski definition) is 10. The molecule has 10 heteroatoms. The molecule has 1 saturated heterocycles. The molecule has 1 unspecified atom stereocenters. The zero-order valence-electron chi connectivity index (χ0n) is 12.4. The van der Waals surface area contributed by atoms with E-state index >= 15 is 0 Å². The van der Waals surface area contributed by atoms with Crippen LogP contribution in [0.1, 0.15) is 13.3 Å². The number of rotatable bonds is 10. The molecule has 0 aliphatic carbocycles. The Hall–Kier alpha value is -1.88. The molecular weight excluding hydrogens is 316 g/mol. The molecule has 0 aromatic carbocycles. The summed E-state index contributed by atoms with van der Waals surface area (Å²) in [6, 6.07) is 0. The largest absolute Gasteiger partial charge is 0.509 e. The highest BCUT2D eigenvalue weighted by atomic mass is 17.3. The number of hydrogen-bond donors (Lipinski definition) is 2. The molecular formula is C13H18O10. The molecule has 1 fully saturated rings. The molecule has 1 atom stereocenters. The van der Waals surface area contributed by atoms with E-state index < -0.39 is 49.2 Å². The first-order chi connectivity index (χ1) is 10.9. The highest BCUT2D eigenvalue weighted by molar-refractivity contribution is 5.97. The fourth-order valence-electron chi connectivity index (χ4n) is 1.72. The topological polar surface area (TPSA) is 146 Å². The van der Waals surface area contributed by atoms with E-state index in [2.05, 4.69) is 14.5 Å². The van der Waals surface area contributed by atoms with Gasteiger partial charge in [-0.3, -0.25) is 14.4 Å². The van der Waals surface area contributed by atoms with Crippen LogP contribution in [0.4, 0.5) is 4.79 Å². The van der Waals surface area contributed by atoms with Crippen molar-refractivity contribution < 1.29 is 48.6 Å². The van der Waals surface area contributed by atoms with Gasteiger partial charge in [0.05, 0.1) is 18.6 Å². The van der Waals surface area contributed by atoms with E-state index in [-0.39, 0.29) is 25.3 Å². The molecule has 10 nitrogen and oxygen atoms in total. The Balaban J connectivity index is 2.82. The van der Waals surface area contributed by atoms with Gasteiger partial charge in [-0.2, -0.15) is 0 Å². The van der Waals surface area contributed by atoms with Gasteiger partial charge >= 0.3 is 6.16 Å². The summed E-state index contributed by atoms with van der Waals surface area (Å²) >= 11 is 0. The van der Waals surface area contributed by atoms with Crippen molar-refractivity contribution >= 4 is 25.0 Å². The van der Waals surface area contributed by atoms with E-state index in [1.165, 1.54) is 0 Å². The third-order valence-corrected chi connectivity index (χ3v) is 3.85. The minimum Gasteiger partial charge on any atom is -0.433 e. The van der Waals surface area contributed by atoms with Crippen LogP contribution in [0.3, 0.4) is 0 Å². The normalized spacial score (nSPS) is 21.0. The van der Waals surface area contributed by atoms with Crippen LogP contribution < -0.4 is 0 Å². The van der Waals surface area contributed by atoms with Crippen LogP contribution >= 0.6 is 0 Å². The maximum absolute atomic E-state index is 11.7. The fourth-order valence-corrected chi connectivity index (χ4v) is 1.72. The Morgan fingerprint density at radius 1 is 1.26 bits per heavy atom. The van der Waals surface area contributed by atoms with Gasteiger partial charge in [-0.15, -0.1) is 0 Å². The zero-order chi connectivity index (χ0) is 17.6. The Morgan fingerprint density at radius 2 is 1.83 bits per heavy atom. The number of carbonyl (C=O) groups is 4. The lowest BCUT2D eigenvalue weighted by Gasteiger charge is -2.42. The van der Waals surface area contributed by atoms with Gasteiger partial charge in [0.15, 0.2) is 18.9 Å². The molecule has 1 aliphatic rings. The van der Waals surface area contributed by atoms with E-state index in [9.17, 15) is 29.4 Å². The van der Waals surface area contributed by atoms with Crippen molar-refractivity contribution in [3.63, 3.8) is 0 Å². The molecule has 0 radical (unpaired) electrons. The van der Waals surface area contributed by atoms with E-state index in [0.29, 0.717) is 0 Å². The van der Waals surface area contributed by atoms with Gasteiger partial charge < -0.3 is 19.7 Å². The number of aliphatic hydroxyl groups excluding tert-OH is 2. The van der Waals surface area contributed by atoms with Crippen molar-refractivity contribution in [2.75, 3.05) is 26.4 Å². The summed E-state index contributed by atoms with van der Waals surface area (Å²) in [6.07, 6.45) is -1.17. The Morgan fingerprint density at radius 3 is 2.13 bits per heavy atom. The van der Waals surface area contributed by atoms with E-state index in [0.717, 1.165) is 0 Å². The van der Waals surface area contributed by atoms with Crippen molar-refractivity contribution in [3.8, 4) is 0 Å². The molecule has 0 bridgehead atoms. The second-order valence-corrected chi connectivity index (χ2v) is 5.19. The van der Waals surface area contributed by atoms with Gasteiger partial charge in [-0.05, 0) is 6.42 Å². The minimum atomic E-state index is -2.56. The zero-order valence-corrected chi connectivity index (χ0v) is 12.4. The van der Waals surface area contributed by atoms with Gasteiger partial charge in [0.25, 0.3) is 5.60 Å². The average Bonchev–Trinajstić information content (AvgIpc) is 2.55. The van der Waals surface area contributed by atoms with E-state index in [1.807, 2.05) is 0 Å². The Labute approximate surface area is 131 Å². The summed E-state index contributed by atoms with van der Waals surface area (Å²) < 4.78 is 9.40. The lowest BCUT2D eigenvalue weighted by atomic mass is 9.85. The van der Waals surface area contributed by atoms with Crippen LogP contribution in [-0.4, -0.2) is 72.9 Å². The molecule has 23 heavy (non-hydrogen) atoms. The summed E-state index contributed by atoms with van der Waals surface area (Å²) in [4.78, 5) is 54.1. The second kappa shape index (κ2) is 7.59. The van der Waals surface area contributed by atoms with Crippen LogP contribution in [0, 0.1) is 5.41 Å². The van der Waals surface area contributed by atoms with Crippen LogP contribution in [0.25, 0.3) is 0 Å². The molecule has 0 aromatic rings. The predicted octanol–water partition coefficient (Wildman–Crippen LogP) is -1.44.